The topological polar surface area (TPSA) is 29.3 Å². The van der Waals surface area contributed by atoms with Gasteiger partial charge in [0, 0.05) is 23.8 Å². The van der Waals surface area contributed by atoms with Crippen molar-refractivity contribution in [3.05, 3.63) is 29.6 Å². The second-order valence-corrected chi connectivity index (χ2v) is 3.98. The zero-order chi connectivity index (χ0) is 11.4. The van der Waals surface area contributed by atoms with Gasteiger partial charge in [-0.3, -0.25) is 4.90 Å². The Hall–Kier alpha value is -1.09. The Morgan fingerprint density at radius 1 is 1.47 bits per heavy atom. The van der Waals surface area contributed by atoms with Crippen molar-refractivity contribution in [1.29, 1.82) is 0 Å². The molecule has 1 rings (SSSR count). The van der Waals surface area contributed by atoms with Crippen LogP contribution in [0.2, 0.25) is 0 Å². The number of halogens is 1. The van der Waals surface area contributed by atoms with Crippen LogP contribution in [0.15, 0.2) is 18.2 Å². The Kier molecular flexibility index (Phi) is 4.09. The van der Waals surface area contributed by atoms with Gasteiger partial charge in [-0.25, -0.2) is 4.39 Å². The molecule has 0 aliphatic rings. The summed E-state index contributed by atoms with van der Waals surface area (Å²) in [5.41, 5.74) is 6.87. The van der Waals surface area contributed by atoms with Crippen LogP contribution in [0.3, 0.4) is 0 Å². The van der Waals surface area contributed by atoms with Gasteiger partial charge < -0.3 is 5.73 Å². The van der Waals surface area contributed by atoms with Gasteiger partial charge in [0.15, 0.2) is 0 Å². The van der Waals surface area contributed by atoms with E-state index in [0.717, 1.165) is 6.42 Å². The molecule has 0 fully saturated rings. The molecule has 0 bridgehead atoms. The maximum Gasteiger partial charge on any atom is 0.129 e. The summed E-state index contributed by atoms with van der Waals surface area (Å²) in [4.78, 5) is 2.11. The molecule has 0 aliphatic carbocycles. The summed E-state index contributed by atoms with van der Waals surface area (Å²) in [6.07, 6.45) is 1.05. The number of anilines is 1. The molecule has 84 valence electrons. The Morgan fingerprint density at radius 2 is 2.13 bits per heavy atom. The monoisotopic (exact) mass is 210 g/mol. The third-order valence-electron chi connectivity index (χ3n) is 2.91. The van der Waals surface area contributed by atoms with Gasteiger partial charge in [0.05, 0.1) is 0 Å². The molecule has 2 N–H and O–H groups in total. The predicted molar refractivity (Wildman–Crippen MR) is 62.0 cm³/mol. The van der Waals surface area contributed by atoms with Crippen molar-refractivity contribution >= 4 is 5.69 Å². The van der Waals surface area contributed by atoms with Crippen LogP contribution in [0.5, 0.6) is 0 Å². The van der Waals surface area contributed by atoms with Gasteiger partial charge in [-0.1, -0.05) is 13.0 Å². The molecule has 0 aromatic heterocycles. The highest BCUT2D eigenvalue weighted by molar-refractivity contribution is 5.47. The smallest absolute Gasteiger partial charge is 0.129 e. The van der Waals surface area contributed by atoms with E-state index in [1.165, 1.54) is 6.07 Å². The first-order valence-corrected chi connectivity index (χ1v) is 5.29. The number of nitrogens with two attached hydrogens (primary N) is 1. The molecule has 0 saturated heterocycles. The van der Waals surface area contributed by atoms with Crippen molar-refractivity contribution in [3.8, 4) is 0 Å². The summed E-state index contributed by atoms with van der Waals surface area (Å²) < 4.78 is 13.5. The van der Waals surface area contributed by atoms with Gasteiger partial charge in [-0.15, -0.1) is 0 Å². The molecule has 0 aliphatic heterocycles. The fourth-order valence-corrected chi connectivity index (χ4v) is 1.46. The second-order valence-electron chi connectivity index (χ2n) is 3.98. The van der Waals surface area contributed by atoms with Gasteiger partial charge in [0.1, 0.15) is 5.82 Å². The van der Waals surface area contributed by atoms with Crippen molar-refractivity contribution in [1.82, 2.24) is 4.90 Å². The van der Waals surface area contributed by atoms with Crippen LogP contribution >= 0.6 is 0 Å². The van der Waals surface area contributed by atoms with Crippen molar-refractivity contribution in [2.75, 3.05) is 12.8 Å². The van der Waals surface area contributed by atoms with E-state index in [-0.39, 0.29) is 5.82 Å². The summed E-state index contributed by atoms with van der Waals surface area (Å²) >= 11 is 0. The minimum atomic E-state index is -0.217. The Labute approximate surface area is 90.9 Å². The summed E-state index contributed by atoms with van der Waals surface area (Å²) in [6.45, 7) is 4.80. The lowest BCUT2D eigenvalue weighted by Gasteiger charge is -2.24. The number of hydrogen-bond acceptors (Lipinski definition) is 2. The molecule has 3 heteroatoms. The highest BCUT2D eigenvalue weighted by Gasteiger charge is 2.12. The summed E-state index contributed by atoms with van der Waals surface area (Å²) in [5, 5.41) is 0. The molecular weight excluding hydrogens is 191 g/mol. The summed E-state index contributed by atoms with van der Waals surface area (Å²) in [6, 6.07) is 5.26. The standard InChI is InChI=1S/C12H19FN2/c1-4-9(2)15(3)8-10-11(13)6-5-7-12(10)14/h5-7,9H,4,8,14H2,1-3H3. The van der Waals surface area contributed by atoms with Crippen molar-refractivity contribution in [2.45, 2.75) is 32.9 Å². The lowest BCUT2D eigenvalue weighted by atomic mass is 10.1. The number of hydrogen-bond donors (Lipinski definition) is 1. The minimum absolute atomic E-state index is 0.217. The predicted octanol–water partition coefficient (Wildman–Crippen LogP) is 2.64. The van der Waals surface area contributed by atoms with Crippen molar-refractivity contribution in [3.63, 3.8) is 0 Å². The van der Waals surface area contributed by atoms with Gasteiger partial charge in [0.25, 0.3) is 0 Å². The maximum atomic E-state index is 13.5. The molecule has 0 amide bonds. The van der Waals surface area contributed by atoms with E-state index in [4.69, 9.17) is 5.73 Å². The Bertz CT molecular complexity index is 305. The molecule has 1 aromatic rings. The first kappa shape index (κ1) is 12.0. The van der Waals surface area contributed by atoms with Gasteiger partial charge in [0.2, 0.25) is 0 Å². The van der Waals surface area contributed by atoms with E-state index in [0.29, 0.717) is 23.8 Å². The average Bonchev–Trinajstić information content (AvgIpc) is 2.22. The zero-order valence-corrected chi connectivity index (χ0v) is 9.63. The number of nitrogen functional groups attached to an aromatic ring is 1. The van der Waals surface area contributed by atoms with Crippen LogP contribution in [0.1, 0.15) is 25.8 Å². The maximum absolute atomic E-state index is 13.5. The molecule has 0 heterocycles. The van der Waals surface area contributed by atoms with Crippen molar-refractivity contribution < 1.29 is 4.39 Å². The summed E-state index contributed by atoms with van der Waals surface area (Å²) in [7, 11) is 1.99. The van der Waals surface area contributed by atoms with Crippen LogP contribution in [0.25, 0.3) is 0 Å². The summed E-state index contributed by atoms with van der Waals surface area (Å²) in [5.74, 6) is -0.217. The van der Waals surface area contributed by atoms with Crippen molar-refractivity contribution in [2.24, 2.45) is 0 Å². The number of rotatable bonds is 4. The molecule has 1 atom stereocenters. The van der Waals surface area contributed by atoms with Crippen LogP contribution in [0.4, 0.5) is 10.1 Å². The number of benzene rings is 1. The normalized spacial score (nSPS) is 13.1. The van der Waals surface area contributed by atoms with E-state index in [2.05, 4.69) is 18.7 Å². The lowest BCUT2D eigenvalue weighted by Crippen LogP contribution is -2.28. The first-order valence-electron chi connectivity index (χ1n) is 5.29. The third kappa shape index (κ3) is 2.93. The van der Waals surface area contributed by atoms with Crippen LogP contribution < -0.4 is 5.73 Å². The highest BCUT2D eigenvalue weighted by atomic mass is 19.1. The van der Waals surface area contributed by atoms with Crippen LogP contribution in [0, 0.1) is 5.82 Å². The van der Waals surface area contributed by atoms with E-state index >= 15 is 0 Å². The molecule has 0 saturated carbocycles. The minimum Gasteiger partial charge on any atom is -0.398 e. The fraction of sp³-hybridized carbons (Fsp3) is 0.500. The average molecular weight is 210 g/mol. The highest BCUT2D eigenvalue weighted by Crippen LogP contribution is 2.18. The Morgan fingerprint density at radius 3 is 2.67 bits per heavy atom. The van der Waals surface area contributed by atoms with Gasteiger partial charge >= 0.3 is 0 Å². The van der Waals surface area contributed by atoms with Crippen LogP contribution in [-0.4, -0.2) is 18.0 Å². The second kappa shape index (κ2) is 5.12. The molecule has 1 unspecified atom stereocenters. The molecular formula is C12H19FN2. The number of nitrogens with zero attached hydrogens (tertiary/aromatic N) is 1. The van der Waals surface area contributed by atoms with Gasteiger partial charge in [-0.2, -0.15) is 0 Å². The Balaban J connectivity index is 2.80. The molecule has 1 aromatic carbocycles. The molecule has 2 nitrogen and oxygen atoms in total. The largest absolute Gasteiger partial charge is 0.398 e. The van der Waals surface area contributed by atoms with E-state index in [1.807, 2.05) is 7.05 Å². The first-order chi connectivity index (χ1) is 7.06. The third-order valence-corrected chi connectivity index (χ3v) is 2.91. The lowest BCUT2D eigenvalue weighted by molar-refractivity contribution is 0.241. The molecule has 15 heavy (non-hydrogen) atoms. The molecule has 0 spiro atoms. The van der Waals surface area contributed by atoms with Crippen LogP contribution in [-0.2, 0) is 6.54 Å². The van der Waals surface area contributed by atoms with E-state index in [1.54, 1.807) is 12.1 Å². The SMILES string of the molecule is CCC(C)N(C)Cc1c(N)cccc1F. The fourth-order valence-electron chi connectivity index (χ4n) is 1.46. The van der Waals surface area contributed by atoms with Gasteiger partial charge in [-0.05, 0) is 32.5 Å². The zero-order valence-electron chi connectivity index (χ0n) is 9.63. The van der Waals surface area contributed by atoms with E-state index in [9.17, 15) is 4.39 Å². The quantitative estimate of drug-likeness (QED) is 0.774. The molecule has 0 radical (unpaired) electrons. The van der Waals surface area contributed by atoms with E-state index < -0.39 is 0 Å².